The molecule has 2 aliphatic rings. The zero-order valence-electron chi connectivity index (χ0n) is 10.6. The van der Waals surface area contributed by atoms with Crippen molar-refractivity contribution in [1.29, 1.82) is 0 Å². The molecular weight excluding hydrogens is 202 g/mol. The molecule has 0 spiro atoms. The number of likely N-dealkylation sites (tertiary alicyclic amines) is 1. The molecule has 4 nitrogen and oxygen atoms in total. The van der Waals surface area contributed by atoms with Crippen molar-refractivity contribution in [3.63, 3.8) is 0 Å². The van der Waals surface area contributed by atoms with Crippen LogP contribution in [-0.4, -0.2) is 67.3 Å². The zero-order chi connectivity index (χ0) is 11.6. The summed E-state index contributed by atoms with van der Waals surface area (Å²) in [6.07, 6.45) is 1.14. The van der Waals surface area contributed by atoms with Gasteiger partial charge in [-0.2, -0.15) is 0 Å². The lowest BCUT2D eigenvalue weighted by Crippen LogP contribution is -2.51. The average molecular weight is 227 g/mol. The molecular formula is C12H25N3O. The lowest BCUT2D eigenvalue weighted by atomic mass is 9.97. The van der Waals surface area contributed by atoms with E-state index in [0.29, 0.717) is 6.04 Å². The van der Waals surface area contributed by atoms with Crippen LogP contribution in [0.25, 0.3) is 0 Å². The summed E-state index contributed by atoms with van der Waals surface area (Å²) in [7, 11) is 0. The van der Waals surface area contributed by atoms with Crippen LogP contribution in [0.15, 0.2) is 0 Å². The highest BCUT2D eigenvalue weighted by atomic mass is 16.5. The molecule has 94 valence electrons. The molecule has 2 N–H and O–H groups in total. The summed E-state index contributed by atoms with van der Waals surface area (Å²) >= 11 is 0. The van der Waals surface area contributed by atoms with Gasteiger partial charge in [-0.05, 0) is 20.3 Å². The SMILES string of the molecule is CC1(C)C(N)CCN1CCN1CCOCC1. The standard InChI is InChI=1S/C12H25N3O/c1-12(2)11(13)3-4-15(12)6-5-14-7-9-16-10-8-14/h11H,3-10,13H2,1-2H3. The molecule has 1 atom stereocenters. The molecule has 0 aromatic rings. The number of morpholine rings is 1. The van der Waals surface area contributed by atoms with Gasteiger partial charge in [0.05, 0.1) is 13.2 Å². The van der Waals surface area contributed by atoms with E-state index in [1.54, 1.807) is 0 Å². The van der Waals surface area contributed by atoms with Crippen molar-refractivity contribution in [2.75, 3.05) is 45.9 Å². The summed E-state index contributed by atoms with van der Waals surface area (Å²) in [4.78, 5) is 5.02. The Morgan fingerprint density at radius 2 is 1.88 bits per heavy atom. The number of nitrogens with zero attached hydrogens (tertiary/aromatic N) is 2. The fourth-order valence-electron chi connectivity index (χ4n) is 2.66. The first-order valence-electron chi connectivity index (χ1n) is 6.41. The first-order valence-corrected chi connectivity index (χ1v) is 6.41. The van der Waals surface area contributed by atoms with Gasteiger partial charge in [-0.1, -0.05) is 0 Å². The lowest BCUT2D eigenvalue weighted by molar-refractivity contribution is 0.0292. The average Bonchev–Trinajstić information content (AvgIpc) is 2.53. The Kier molecular flexibility index (Phi) is 3.85. The van der Waals surface area contributed by atoms with Crippen LogP contribution < -0.4 is 5.73 Å². The van der Waals surface area contributed by atoms with Gasteiger partial charge in [-0.15, -0.1) is 0 Å². The van der Waals surface area contributed by atoms with Crippen molar-refractivity contribution < 1.29 is 4.74 Å². The molecule has 1 unspecified atom stereocenters. The molecule has 0 aromatic carbocycles. The normalized spacial score (nSPS) is 32.1. The van der Waals surface area contributed by atoms with Crippen molar-refractivity contribution in [3.05, 3.63) is 0 Å². The molecule has 2 rings (SSSR count). The van der Waals surface area contributed by atoms with Crippen molar-refractivity contribution >= 4 is 0 Å². The first kappa shape index (κ1) is 12.3. The van der Waals surface area contributed by atoms with E-state index in [2.05, 4.69) is 23.6 Å². The third-order valence-electron chi connectivity index (χ3n) is 4.22. The van der Waals surface area contributed by atoms with Crippen LogP contribution in [0.2, 0.25) is 0 Å². The third-order valence-corrected chi connectivity index (χ3v) is 4.22. The molecule has 0 aromatic heterocycles. The molecule has 0 amide bonds. The number of rotatable bonds is 3. The summed E-state index contributed by atoms with van der Waals surface area (Å²) < 4.78 is 5.35. The van der Waals surface area contributed by atoms with E-state index >= 15 is 0 Å². The highest BCUT2D eigenvalue weighted by Crippen LogP contribution is 2.26. The molecule has 2 fully saturated rings. The first-order chi connectivity index (χ1) is 7.60. The van der Waals surface area contributed by atoms with Crippen molar-refractivity contribution in [2.45, 2.75) is 31.8 Å². The summed E-state index contributed by atoms with van der Waals surface area (Å²) in [5.41, 5.74) is 6.31. The molecule has 0 radical (unpaired) electrons. The molecule has 16 heavy (non-hydrogen) atoms. The Balaban J connectivity index is 1.77. The summed E-state index contributed by atoms with van der Waals surface area (Å²) in [6.45, 7) is 11.9. The molecule has 2 heterocycles. The Morgan fingerprint density at radius 3 is 2.44 bits per heavy atom. The Labute approximate surface area is 98.7 Å². The topological polar surface area (TPSA) is 41.7 Å². The van der Waals surface area contributed by atoms with Crippen LogP contribution in [-0.2, 0) is 4.74 Å². The van der Waals surface area contributed by atoms with E-state index in [1.807, 2.05) is 0 Å². The van der Waals surface area contributed by atoms with Crippen molar-refractivity contribution in [2.24, 2.45) is 5.73 Å². The van der Waals surface area contributed by atoms with Gasteiger partial charge in [0.2, 0.25) is 0 Å². The summed E-state index contributed by atoms with van der Waals surface area (Å²) in [5, 5.41) is 0. The van der Waals surface area contributed by atoms with E-state index in [9.17, 15) is 0 Å². The van der Waals surface area contributed by atoms with Crippen LogP contribution in [0.3, 0.4) is 0 Å². The van der Waals surface area contributed by atoms with Gasteiger partial charge in [0.1, 0.15) is 0 Å². The zero-order valence-corrected chi connectivity index (χ0v) is 10.6. The molecule has 2 aliphatic heterocycles. The van der Waals surface area contributed by atoms with Gasteiger partial charge < -0.3 is 10.5 Å². The molecule has 0 bridgehead atoms. The summed E-state index contributed by atoms with van der Waals surface area (Å²) in [5.74, 6) is 0. The maximum Gasteiger partial charge on any atom is 0.0594 e. The minimum Gasteiger partial charge on any atom is -0.379 e. The minimum absolute atomic E-state index is 0.173. The quantitative estimate of drug-likeness (QED) is 0.744. The smallest absolute Gasteiger partial charge is 0.0594 e. The van der Waals surface area contributed by atoms with Gasteiger partial charge >= 0.3 is 0 Å². The number of hydrogen-bond donors (Lipinski definition) is 1. The highest BCUT2D eigenvalue weighted by molar-refractivity contribution is 4.98. The van der Waals surface area contributed by atoms with Gasteiger partial charge in [-0.25, -0.2) is 0 Å². The van der Waals surface area contributed by atoms with Gasteiger partial charge in [0.25, 0.3) is 0 Å². The van der Waals surface area contributed by atoms with E-state index in [-0.39, 0.29) is 5.54 Å². The second kappa shape index (κ2) is 5.00. The number of ether oxygens (including phenoxy) is 1. The molecule has 2 saturated heterocycles. The van der Waals surface area contributed by atoms with Crippen LogP contribution in [0.1, 0.15) is 20.3 Å². The maximum atomic E-state index is 6.14. The minimum atomic E-state index is 0.173. The van der Waals surface area contributed by atoms with Crippen LogP contribution in [0, 0.1) is 0 Å². The Bertz CT molecular complexity index is 226. The van der Waals surface area contributed by atoms with Crippen molar-refractivity contribution in [3.8, 4) is 0 Å². The monoisotopic (exact) mass is 227 g/mol. The number of hydrogen-bond acceptors (Lipinski definition) is 4. The van der Waals surface area contributed by atoms with Gasteiger partial charge in [0, 0.05) is 44.3 Å². The second-order valence-electron chi connectivity index (χ2n) is 5.49. The van der Waals surface area contributed by atoms with Gasteiger partial charge in [0.15, 0.2) is 0 Å². The van der Waals surface area contributed by atoms with Crippen LogP contribution >= 0.6 is 0 Å². The van der Waals surface area contributed by atoms with E-state index in [4.69, 9.17) is 10.5 Å². The van der Waals surface area contributed by atoms with E-state index < -0.39 is 0 Å². The third kappa shape index (κ3) is 2.56. The van der Waals surface area contributed by atoms with E-state index in [1.165, 1.54) is 0 Å². The molecule has 0 aliphatic carbocycles. The lowest BCUT2D eigenvalue weighted by Gasteiger charge is -2.36. The number of nitrogens with two attached hydrogens (primary N) is 1. The maximum absolute atomic E-state index is 6.14. The van der Waals surface area contributed by atoms with Crippen LogP contribution in [0.4, 0.5) is 0 Å². The Morgan fingerprint density at radius 1 is 1.19 bits per heavy atom. The second-order valence-corrected chi connectivity index (χ2v) is 5.49. The predicted molar refractivity (Wildman–Crippen MR) is 65.5 cm³/mol. The van der Waals surface area contributed by atoms with Gasteiger partial charge in [-0.3, -0.25) is 9.80 Å². The fraction of sp³-hybridized carbons (Fsp3) is 1.00. The fourth-order valence-corrected chi connectivity index (χ4v) is 2.66. The largest absolute Gasteiger partial charge is 0.379 e. The summed E-state index contributed by atoms with van der Waals surface area (Å²) in [6, 6.07) is 0.331. The van der Waals surface area contributed by atoms with E-state index in [0.717, 1.165) is 52.4 Å². The molecule has 0 saturated carbocycles. The van der Waals surface area contributed by atoms with Crippen molar-refractivity contribution in [1.82, 2.24) is 9.80 Å². The highest BCUT2D eigenvalue weighted by Gasteiger charge is 2.38. The Hall–Kier alpha value is -0.160. The molecule has 4 heteroatoms. The van der Waals surface area contributed by atoms with Crippen LogP contribution in [0.5, 0.6) is 0 Å². The predicted octanol–water partition coefficient (Wildman–Crippen LogP) is 0.130.